The van der Waals surface area contributed by atoms with E-state index in [4.69, 9.17) is 5.11 Å². The lowest BCUT2D eigenvalue weighted by Crippen LogP contribution is -2.65. The summed E-state index contributed by atoms with van der Waals surface area (Å²) in [7, 11) is 0. The van der Waals surface area contributed by atoms with Crippen molar-refractivity contribution in [3.63, 3.8) is 0 Å². The fourth-order valence-corrected chi connectivity index (χ4v) is 13.2. The predicted octanol–water partition coefficient (Wildman–Crippen LogP) is 8.21. The molecule has 5 nitrogen and oxygen atoms in total. The summed E-state index contributed by atoms with van der Waals surface area (Å²) in [5.74, 6) is 2.56. The Bertz CT molecular complexity index is 1350. The molecule has 46 heavy (non-hydrogen) atoms. The van der Waals surface area contributed by atoms with Crippen LogP contribution in [0.15, 0.2) is 42.5 Å². The second-order valence-electron chi connectivity index (χ2n) is 17.6. The maximum atomic E-state index is 11.5. The fourth-order valence-electron chi connectivity index (χ4n) is 13.2. The Kier molecular flexibility index (Phi) is 8.99. The zero-order chi connectivity index (χ0) is 33.1. The topological polar surface area (TPSA) is 81.6 Å². The molecule has 4 fully saturated rings. The van der Waals surface area contributed by atoms with Gasteiger partial charge in [-0.25, -0.2) is 4.79 Å². The number of rotatable bonds is 10. The maximum Gasteiger partial charge on any atom is 0.335 e. The molecule has 0 saturated heterocycles. The molecule has 5 heteroatoms. The molecule has 0 bridgehead atoms. The van der Waals surface area contributed by atoms with Crippen LogP contribution in [0.5, 0.6) is 0 Å². The van der Waals surface area contributed by atoms with Crippen LogP contribution < -0.4 is 10.6 Å². The number of hydrogen-bond donors (Lipinski definition) is 4. The SMILES string of the molecule is C=C(C)[C@@H]1CC[C@]2(CNCCNCCO)CC[C@]3(C)[C@H](CC[C@@H]4[C@@]5(C)CC=C(c6ccc(C(=O)O)cc6)C(C)(C)[C@@H]5CC[C@]43C)[C@@H]12. The molecular formula is C41H62N2O3. The summed E-state index contributed by atoms with van der Waals surface area (Å²) in [6.07, 6.45) is 14.2. The first kappa shape index (κ1) is 33.9. The number of carboxylic acid groups (broad SMARTS) is 1. The minimum Gasteiger partial charge on any atom is -0.478 e. The first-order valence-corrected chi connectivity index (χ1v) is 18.5. The van der Waals surface area contributed by atoms with Gasteiger partial charge < -0.3 is 20.8 Å². The van der Waals surface area contributed by atoms with Crippen molar-refractivity contribution in [3.05, 3.63) is 53.6 Å². The van der Waals surface area contributed by atoms with Gasteiger partial charge in [0.15, 0.2) is 0 Å². The van der Waals surface area contributed by atoms with E-state index in [1.165, 1.54) is 68.1 Å². The van der Waals surface area contributed by atoms with E-state index in [2.05, 4.69) is 64.8 Å². The minimum absolute atomic E-state index is 0.0345. The number of aromatic carboxylic acids is 1. The lowest BCUT2D eigenvalue weighted by molar-refractivity contribution is -0.225. The van der Waals surface area contributed by atoms with Crippen LogP contribution in [0.4, 0.5) is 0 Å². The highest BCUT2D eigenvalue weighted by Gasteiger charge is 2.70. The van der Waals surface area contributed by atoms with E-state index in [1.807, 2.05) is 12.1 Å². The third-order valence-corrected chi connectivity index (χ3v) is 15.5. The highest BCUT2D eigenvalue weighted by Crippen LogP contribution is 2.77. The Morgan fingerprint density at radius 2 is 1.59 bits per heavy atom. The summed E-state index contributed by atoms with van der Waals surface area (Å²) in [6, 6.07) is 7.62. The van der Waals surface area contributed by atoms with E-state index >= 15 is 0 Å². The minimum atomic E-state index is -0.860. The van der Waals surface area contributed by atoms with Gasteiger partial charge in [0, 0.05) is 26.2 Å². The van der Waals surface area contributed by atoms with E-state index in [9.17, 15) is 9.90 Å². The number of aliphatic hydroxyl groups excluding tert-OH is 1. The molecule has 1 aromatic carbocycles. The van der Waals surface area contributed by atoms with Gasteiger partial charge in [-0.2, -0.15) is 0 Å². The summed E-state index contributed by atoms with van der Waals surface area (Å²) >= 11 is 0. The average molecular weight is 631 g/mol. The molecular weight excluding hydrogens is 568 g/mol. The molecule has 0 radical (unpaired) electrons. The highest BCUT2D eigenvalue weighted by molar-refractivity contribution is 5.88. The van der Waals surface area contributed by atoms with Gasteiger partial charge in [-0.05, 0) is 145 Å². The van der Waals surface area contributed by atoms with Gasteiger partial charge in [0.25, 0.3) is 0 Å². The second kappa shape index (κ2) is 12.2. The van der Waals surface area contributed by atoms with Crippen molar-refractivity contribution in [2.24, 2.45) is 56.7 Å². The number of hydrogen-bond acceptors (Lipinski definition) is 4. The van der Waals surface area contributed by atoms with Crippen LogP contribution in [-0.2, 0) is 0 Å². The maximum absolute atomic E-state index is 11.5. The Morgan fingerprint density at radius 1 is 0.870 bits per heavy atom. The van der Waals surface area contributed by atoms with Crippen molar-refractivity contribution < 1.29 is 15.0 Å². The Labute approximate surface area is 279 Å². The zero-order valence-corrected chi connectivity index (χ0v) is 29.7. The summed E-state index contributed by atoms with van der Waals surface area (Å²) < 4.78 is 0. The van der Waals surface area contributed by atoms with Crippen molar-refractivity contribution in [1.29, 1.82) is 0 Å². The molecule has 9 atom stereocenters. The third-order valence-electron chi connectivity index (χ3n) is 15.5. The quantitative estimate of drug-likeness (QED) is 0.155. The normalized spacial score (nSPS) is 41.0. The molecule has 4 saturated carbocycles. The first-order valence-electron chi connectivity index (χ1n) is 18.5. The molecule has 254 valence electrons. The number of benzene rings is 1. The van der Waals surface area contributed by atoms with Gasteiger partial charge >= 0.3 is 5.97 Å². The number of nitrogens with one attached hydrogen (secondary N) is 2. The molecule has 0 amide bonds. The summed E-state index contributed by atoms with van der Waals surface area (Å²) in [4.78, 5) is 11.5. The summed E-state index contributed by atoms with van der Waals surface area (Å²) in [6.45, 7) is 23.8. The van der Waals surface area contributed by atoms with Gasteiger partial charge in [0.1, 0.15) is 0 Å². The van der Waals surface area contributed by atoms with Gasteiger partial charge in [-0.3, -0.25) is 0 Å². The number of aliphatic hydroxyl groups is 1. The Balaban J connectivity index is 1.28. The van der Waals surface area contributed by atoms with Crippen LogP contribution in [0.1, 0.15) is 115 Å². The van der Waals surface area contributed by atoms with Gasteiger partial charge in [-0.1, -0.05) is 65.0 Å². The smallest absolute Gasteiger partial charge is 0.335 e. The van der Waals surface area contributed by atoms with Crippen molar-refractivity contribution >= 4 is 11.5 Å². The zero-order valence-electron chi connectivity index (χ0n) is 29.7. The number of carbonyl (C=O) groups is 1. The highest BCUT2D eigenvalue weighted by atomic mass is 16.4. The lowest BCUT2D eigenvalue weighted by atomic mass is 9.32. The van der Waals surface area contributed by atoms with E-state index in [0.29, 0.717) is 52.0 Å². The van der Waals surface area contributed by atoms with Gasteiger partial charge in [0.2, 0.25) is 0 Å². The number of carboxylic acids is 1. The Morgan fingerprint density at radius 3 is 2.26 bits per heavy atom. The number of allylic oxidation sites excluding steroid dienone is 3. The lowest BCUT2D eigenvalue weighted by Gasteiger charge is -2.72. The Hall–Kier alpha value is -1.95. The molecule has 5 aliphatic rings. The molecule has 0 aromatic heterocycles. The molecule has 0 aliphatic heterocycles. The second-order valence-corrected chi connectivity index (χ2v) is 17.6. The van der Waals surface area contributed by atoms with Gasteiger partial charge in [0.05, 0.1) is 12.2 Å². The van der Waals surface area contributed by atoms with Gasteiger partial charge in [-0.15, -0.1) is 0 Å². The summed E-state index contributed by atoms with van der Waals surface area (Å²) in [5.41, 5.74) is 5.69. The largest absolute Gasteiger partial charge is 0.478 e. The third kappa shape index (κ3) is 5.08. The van der Waals surface area contributed by atoms with E-state index in [1.54, 1.807) is 12.1 Å². The number of fused-ring (bicyclic) bond motifs is 7. The van der Waals surface area contributed by atoms with Crippen molar-refractivity contribution in [2.45, 2.75) is 99.3 Å². The van der Waals surface area contributed by atoms with Crippen molar-refractivity contribution in [2.75, 3.05) is 32.8 Å². The van der Waals surface area contributed by atoms with Crippen LogP contribution in [0.3, 0.4) is 0 Å². The summed E-state index contributed by atoms with van der Waals surface area (Å²) in [5, 5.41) is 25.8. The van der Waals surface area contributed by atoms with Crippen LogP contribution >= 0.6 is 0 Å². The predicted molar refractivity (Wildman–Crippen MR) is 189 cm³/mol. The fraction of sp³-hybridized carbons (Fsp3) is 0.732. The molecule has 1 aromatic rings. The van der Waals surface area contributed by atoms with Crippen LogP contribution in [0.25, 0.3) is 5.57 Å². The molecule has 6 rings (SSSR count). The van der Waals surface area contributed by atoms with Crippen molar-refractivity contribution in [1.82, 2.24) is 10.6 Å². The molecule has 0 heterocycles. The van der Waals surface area contributed by atoms with Crippen molar-refractivity contribution in [3.8, 4) is 0 Å². The van der Waals surface area contributed by atoms with Crippen LogP contribution in [0, 0.1) is 56.7 Å². The molecule has 0 spiro atoms. The monoisotopic (exact) mass is 630 g/mol. The van der Waals surface area contributed by atoms with Crippen LogP contribution in [-0.4, -0.2) is 49.0 Å². The van der Waals surface area contributed by atoms with Crippen LogP contribution in [0.2, 0.25) is 0 Å². The van der Waals surface area contributed by atoms with E-state index in [0.717, 1.165) is 32.0 Å². The average Bonchev–Trinajstić information content (AvgIpc) is 3.39. The standard InChI is InChI=1S/C41H62N2O3/c1-27(2)30-14-19-41(26-43-23-22-42-24-25-44)21-20-39(6)32(35(30)41)12-13-34-38(5)17-15-31(28-8-10-29(11-9-28)36(45)46)37(3,4)33(38)16-18-40(34,39)7/h8-11,15,30,32-35,42-44H,1,12-14,16-26H2,2-7H3,(H,45,46)/t30-,32+,33-,34+,35+,38-,39+,40+,41+/m0/s1. The first-order chi connectivity index (χ1) is 21.7. The van der Waals surface area contributed by atoms with E-state index in [-0.39, 0.29) is 17.4 Å². The molecule has 0 unspecified atom stereocenters. The van der Waals surface area contributed by atoms with E-state index < -0.39 is 5.97 Å². The molecule has 5 aliphatic carbocycles. The molecule has 4 N–H and O–H groups in total.